The second-order valence-corrected chi connectivity index (χ2v) is 9.73. The average Bonchev–Trinajstić information content (AvgIpc) is 2.66. The number of aryl methyl sites for hydroxylation is 2. The molecule has 0 bridgehead atoms. The maximum atomic E-state index is 12.9. The molecule has 1 N–H and O–H groups in total. The zero-order chi connectivity index (χ0) is 20.3. The van der Waals surface area contributed by atoms with Crippen molar-refractivity contribution in [1.29, 1.82) is 0 Å². The molecule has 1 aliphatic rings. The fraction of sp³-hybridized carbons (Fsp3) is 0.381. The number of hydrogen-bond acceptors (Lipinski definition) is 3. The summed E-state index contributed by atoms with van der Waals surface area (Å²) in [6.07, 6.45) is 1.33. The first-order valence-electron chi connectivity index (χ1n) is 9.35. The van der Waals surface area contributed by atoms with Crippen molar-refractivity contribution in [2.24, 2.45) is 5.92 Å². The van der Waals surface area contributed by atoms with Crippen LogP contribution >= 0.6 is 11.6 Å². The topological polar surface area (TPSA) is 66.5 Å². The van der Waals surface area contributed by atoms with Crippen LogP contribution in [0.1, 0.15) is 29.5 Å². The van der Waals surface area contributed by atoms with Gasteiger partial charge in [0, 0.05) is 23.8 Å². The summed E-state index contributed by atoms with van der Waals surface area (Å²) in [7, 11) is -3.54. The van der Waals surface area contributed by atoms with Crippen LogP contribution in [0, 0.1) is 19.8 Å². The second kappa shape index (κ2) is 8.64. The molecule has 1 aliphatic heterocycles. The summed E-state index contributed by atoms with van der Waals surface area (Å²) in [5.41, 5.74) is 3.47. The van der Waals surface area contributed by atoms with Gasteiger partial charge in [0.25, 0.3) is 0 Å². The Labute approximate surface area is 171 Å². The van der Waals surface area contributed by atoms with Gasteiger partial charge in [-0.3, -0.25) is 4.79 Å². The molecule has 1 heterocycles. The van der Waals surface area contributed by atoms with Crippen molar-refractivity contribution in [2.45, 2.75) is 32.4 Å². The van der Waals surface area contributed by atoms with Crippen LogP contribution in [-0.4, -0.2) is 31.7 Å². The zero-order valence-corrected chi connectivity index (χ0v) is 17.7. The van der Waals surface area contributed by atoms with E-state index in [-0.39, 0.29) is 24.1 Å². The monoisotopic (exact) mass is 420 g/mol. The summed E-state index contributed by atoms with van der Waals surface area (Å²) in [6, 6.07) is 12.8. The Balaban J connectivity index is 1.69. The molecule has 3 rings (SSSR count). The fourth-order valence-electron chi connectivity index (χ4n) is 3.50. The highest BCUT2D eigenvalue weighted by atomic mass is 35.5. The van der Waals surface area contributed by atoms with E-state index < -0.39 is 10.0 Å². The lowest BCUT2D eigenvalue weighted by Crippen LogP contribution is -2.44. The van der Waals surface area contributed by atoms with Gasteiger partial charge in [-0.25, -0.2) is 12.7 Å². The first kappa shape index (κ1) is 20.8. The quantitative estimate of drug-likeness (QED) is 0.790. The lowest BCUT2D eigenvalue weighted by molar-refractivity contribution is -0.120. The number of carbonyl (C=O) groups is 1. The molecule has 0 aromatic heterocycles. The van der Waals surface area contributed by atoms with Gasteiger partial charge in [0.15, 0.2) is 0 Å². The van der Waals surface area contributed by atoms with Crippen LogP contribution in [0.5, 0.6) is 0 Å². The Hall–Kier alpha value is -1.89. The van der Waals surface area contributed by atoms with E-state index in [1.54, 1.807) is 24.3 Å². The van der Waals surface area contributed by atoms with Crippen molar-refractivity contribution < 1.29 is 13.2 Å². The van der Waals surface area contributed by atoms with E-state index in [4.69, 9.17) is 11.6 Å². The van der Waals surface area contributed by atoms with Crippen molar-refractivity contribution in [2.75, 3.05) is 18.4 Å². The summed E-state index contributed by atoms with van der Waals surface area (Å²) in [5, 5.41) is 3.39. The Morgan fingerprint density at radius 2 is 1.96 bits per heavy atom. The lowest BCUT2D eigenvalue weighted by Gasteiger charge is -2.31. The fourth-order valence-corrected chi connectivity index (χ4v) is 5.42. The molecule has 2 aromatic rings. The van der Waals surface area contributed by atoms with Crippen molar-refractivity contribution in [3.63, 3.8) is 0 Å². The third kappa shape index (κ3) is 4.93. The highest BCUT2D eigenvalue weighted by Crippen LogP contribution is 2.25. The molecule has 1 saturated heterocycles. The number of nitrogens with one attached hydrogen (secondary N) is 1. The van der Waals surface area contributed by atoms with Crippen LogP contribution in [-0.2, 0) is 20.6 Å². The Morgan fingerprint density at radius 3 is 2.68 bits per heavy atom. The number of hydrogen-bond donors (Lipinski definition) is 1. The molecule has 7 heteroatoms. The van der Waals surface area contributed by atoms with Crippen LogP contribution in [0.4, 0.5) is 5.69 Å². The van der Waals surface area contributed by atoms with E-state index in [0.717, 1.165) is 16.8 Å². The summed E-state index contributed by atoms with van der Waals surface area (Å²) < 4.78 is 27.1. The van der Waals surface area contributed by atoms with Crippen LogP contribution in [0.2, 0.25) is 5.02 Å². The summed E-state index contributed by atoms with van der Waals surface area (Å²) >= 11 is 6.12. The molecule has 0 saturated carbocycles. The SMILES string of the molecule is Cc1ccc(NC(=O)[C@H]2CCCN(S(=O)(=O)Cc3ccccc3Cl)C2)c(C)c1. The van der Waals surface area contributed by atoms with Gasteiger partial charge in [0.2, 0.25) is 15.9 Å². The normalized spacial score (nSPS) is 18.0. The summed E-state index contributed by atoms with van der Waals surface area (Å²) in [5.74, 6) is -0.655. The first-order chi connectivity index (χ1) is 13.3. The molecule has 1 atom stereocenters. The third-order valence-electron chi connectivity index (χ3n) is 5.08. The molecule has 5 nitrogen and oxygen atoms in total. The van der Waals surface area contributed by atoms with Gasteiger partial charge >= 0.3 is 0 Å². The molecule has 0 unspecified atom stereocenters. The van der Waals surface area contributed by atoms with E-state index in [1.165, 1.54) is 4.31 Å². The van der Waals surface area contributed by atoms with Gasteiger partial charge < -0.3 is 5.32 Å². The average molecular weight is 421 g/mol. The zero-order valence-electron chi connectivity index (χ0n) is 16.1. The molecule has 0 spiro atoms. The highest BCUT2D eigenvalue weighted by molar-refractivity contribution is 7.88. The molecule has 1 fully saturated rings. The minimum atomic E-state index is -3.54. The van der Waals surface area contributed by atoms with E-state index in [2.05, 4.69) is 5.32 Å². The number of benzene rings is 2. The van der Waals surface area contributed by atoms with Crippen LogP contribution in [0.15, 0.2) is 42.5 Å². The molecule has 28 heavy (non-hydrogen) atoms. The number of rotatable bonds is 5. The van der Waals surface area contributed by atoms with Gasteiger partial charge in [0.05, 0.1) is 11.7 Å². The van der Waals surface area contributed by atoms with Gasteiger partial charge in [-0.1, -0.05) is 47.5 Å². The third-order valence-corrected chi connectivity index (χ3v) is 7.25. The molecule has 0 radical (unpaired) electrons. The maximum absolute atomic E-state index is 12.9. The molecule has 1 amide bonds. The van der Waals surface area contributed by atoms with Crippen LogP contribution in [0.25, 0.3) is 0 Å². The van der Waals surface area contributed by atoms with Crippen molar-refractivity contribution in [3.05, 3.63) is 64.2 Å². The number of carbonyl (C=O) groups excluding carboxylic acids is 1. The number of nitrogens with zero attached hydrogens (tertiary/aromatic N) is 1. The minimum absolute atomic E-state index is 0.135. The van der Waals surface area contributed by atoms with E-state index in [0.29, 0.717) is 30.0 Å². The highest BCUT2D eigenvalue weighted by Gasteiger charge is 2.32. The van der Waals surface area contributed by atoms with Gasteiger partial charge in [-0.2, -0.15) is 0 Å². The number of anilines is 1. The van der Waals surface area contributed by atoms with E-state index in [1.807, 2.05) is 32.0 Å². The number of sulfonamides is 1. The number of piperidine rings is 1. The number of amides is 1. The van der Waals surface area contributed by atoms with Gasteiger partial charge in [-0.05, 0) is 49.9 Å². The van der Waals surface area contributed by atoms with Crippen molar-refractivity contribution in [1.82, 2.24) is 4.31 Å². The van der Waals surface area contributed by atoms with E-state index >= 15 is 0 Å². The van der Waals surface area contributed by atoms with Crippen LogP contribution < -0.4 is 5.32 Å². The predicted octanol–water partition coefficient (Wildman–Crippen LogP) is 4.14. The first-order valence-corrected chi connectivity index (χ1v) is 11.3. The molecular weight excluding hydrogens is 396 g/mol. The molecule has 2 aromatic carbocycles. The second-order valence-electron chi connectivity index (χ2n) is 7.35. The lowest BCUT2D eigenvalue weighted by atomic mass is 9.98. The minimum Gasteiger partial charge on any atom is -0.326 e. The number of halogens is 1. The summed E-state index contributed by atoms with van der Waals surface area (Å²) in [4.78, 5) is 12.7. The Bertz CT molecular complexity index is 975. The van der Waals surface area contributed by atoms with E-state index in [9.17, 15) is 13.2 Å². The Kier molecular flexibility index (Phi) is 6.43. The van der Waals surface area contributed by atoms with Crippen molar-refractivity contribution >= 4 is 33.2 Å². The predicted molar refractivity (Wildman–Crippen MR) is 113 cm³/mol. The van der Waals surface area contributed by atoms with Gasteiger partial charge in [0.1, 0.15) is 0 Å². The van der Waals surface area contributed by atoms with Crippen molar-refractivity contribution in [3.8, 4) is 0 Å². The Morgan fingerprint density at radius 1 is 1.21 bits per heavy atom. The maximum Gasteiger partial charge on any atom is 0.228 e. The summed E-state index contributed by atoms with van der Waals surface area (Å²) in [6.45, 7) is 4.58. The largest absolute Gasteiger partial charge is 0.326 e. The van der Waals surface area contributed by atoms with Crippen LogP contribution in [0.3, 0.4) is 0 Å². The molecule has 150 valence electrons. The molecule has 0 aliphatic carbocycles. The smallest absolute Gasteiger partial charge is 0.228 e. The van der Waals surface area contributed by atoms with Gasteiger partial charge in [-0.15, -0.1) is 0 Å². The standard InChI is InChI=1S/C21H25ClN2O3S/c1-15-9-10-20(16(2)12-15)23-21(25)17-7-5-11-24(13-17)28(26,27)14-18-6-3-4-8-19(18)22/h3-4,6,8-10,12,17H,5,7,11,13-14H2,1-2H3,(H,23,25)/t17-/m0/s1. The molecular formula is C21H25ClN2O3S.